The Labute approximate surface area is 214 Å². The van der Waals surface area contributed by atoms with Crippen LogP contribution >= 0.6 is 23.1 Å². The van der Waals surface area contributed by atoms with Crippen molar-refractivity contribution in [3.05, 3.63) is 47.3 Å². The van der Waals surface area contributed by atoms with E-state index in [1.807, 2.05) is 56.3 Å². The molecular formula is C26H32N2O5S2. The first-order valence-corrected chi connectivity index (χ1v) is 13.5. The summed E-state index contributed by atoms with van der Waals surface area (Å²) in [7, 11) is 0. The average molecular weight is 517 g/mol. The number of nitrogens with one attached hydrogen (secondary N) is 2. The van der Waals surface area contributed by atoms with Crippen LogP contribution in [0.15, 0.2) is 42.5 Å². The van der Waals surface area contributed by atoms with Crippen molar-refractivity contribution in [1.29, 1.82) is 0 Å². The summed E-state index contributed by atoms with van der Waals surface area (Å²) in [6.07, 6.45) is 2.52. The Morgan fingerprint density at radius 3 is 2.29 bits per heavy atom. The molecule has 7 nitrogen and oxygen atoms in total. The fraction of sp³-hybridized carbons (Fsp3) is 0.462. The number of carboxylic acids is 1. The lowest BCUT2D eigenvalue weighted by Gasteiger charge is -2.32. The second-order valence-electron chi connectivity index (χ2n) is 9.25. The number of benzene rings is 1. The molecule has 0 radical (unpaired) electrons. The second-order valence-corrected chi connectivity index (χ2v) is 11.7. The van der Waals surface area contributed by atoms with Crippen molar-refractivity contribution in [2.45, 2.75) is 69.7 Å². The Bertz CT molecular complexity index is 1060. The number of carboxylic acid groups (broad SMARTS) is 1. The number of amides is 2. The van der Waals surface area contributed by atoms with E-state index in [9.17, 15) is 24.3 Å². The molecule has 1 fully saturated rings. The van der Waals surface area contributed by atoms with Crippen LogP contribution in [-0.4, -0.2) is 44.8 Å². The van der Waals surface area contributed by atoms with Gasteiger partial charge in [-0.2, -0.15) is 0 Å². The van der Waals surface area contributed by atoms with Gasteiger partial charge in [0.05, 0.1) is 5.25 Å². The lowest BCUT2D eigenvalue weighted by atomic mass is 9.94. The molecule has 2 aromatic rings. The summed E-state index contributed by atoms with van der Waals surface area (Å²) >= 11 is 2.45. The summed E-state index contributed by atoms with van der Waals surface area (Å²) in [5, 5.41) is 14.6. The number of rotatable bonds is 10. The molecule has 35 heavy (non-hydrogen) atoms. The molecule has 188 valence electrons. The number of hydrogen-bond acceptors (Lipinski definition) is 6. The SMILES string of the molecule is CC(=O)SC(C(=O)NC1(C(=O)NC(Cc2ccc(-c3ccccc3)s2)C(=O)O)CCCC1)C(C)C. The predicted octanol–water partition coefficient (Wildman–Crippen LogP) is 4.26. The van der Waals surface area contributed by atoms with Crippen molar-refractivity contribution in [3.8, 4) is 10.4 Å². The number of aliphatic carboxylic acids is 1. The van der Waals surface area contributed by atoms with Crippen LogP contribution in [0.4, 0.5) is 0 Å². The molecule has 1 aliphatic carbocycles. The second kappa shape index (κ2) is 11.9. The fourth-order valence-corrected chi connectivity index (χ4v) is 6.16. The first-order valence-electron chi connectivity index (χ1n) is 11.8. The van der Waals surface area contributed by atoms with E-state index in [0.717, 1.165) is 39.9 Å². The number of thiophene rings is 1. The average Bonchev–Trinajstić information content (AvgIpc) is 3.47. The monoisotopic (exact) mass is 516 g/mol. The van der Waals surface area contributed by atoms with Gasteiger partial charge in [0.15, 0.2) is 5.12 Å². The maximum absolute atomic E-state index is 13.4. The van der Waals surface area contributed by atoms with Gasteiger partial charge in [-0.25, -0.2) is 4.79 Å². The summed E-state index contributed by atoms with van der Waals surface area (Å²) in [5.41, 5.74) is -0.115. The Balaban J connectivity index is 1.73. The van der Waals surface area contributed by atoms with Gasteiger partial charge >= 0.3 is 5.97 Å². The molecule has 0 aliphatic heterocycles. The smallest absolute Gasteiger partial charge is 0.326 e. The molecule has 1 aromatic heterocycles. The summed E-state index contributed by atoms with van der Waals surface area (Å²) < 4.78 is 0. The summed E-state index contributed by atoms with van der Waals surface area (Å²) in [4.78, 5) is 52.0. The molecule has 2 amide bonds. The van der Waals surface area contributed by atoms with Gasteiger partial charge in [-0.1, -0.05) is 68.8 Å². The van der Waals surface area contributed by atoms with Crippen molar-refractivity contribution in [2.75, 3.05) is 0 Å². The summed E-state index contributed by atoms with van der Waals surface area (Å²) in [6, 6.07) is 12.5. The van der Waals surface area contributed by atoms with E-state index in [2.05, 4.69) is 10.6 Å². The van der Waals surface area contributed by atoms with Gasteiger partial charge in [-0.3, -0.25) is 14.4 Å². The minimum absolute atomic E-state index is 0.102. The van der Waals surface area contributed by atoms with Gasteiger partial charge in [0.2, 0.25) is 11.8 Å². The number of hydrogen-bond donors (Lipinski definition) is 3. The highest BCUT2D eigenvalue weighted by atomic mass is 32.2. The molecule has 3 rings (SSSR count). The Kier molecular flexibility index (Phi) is 9.13. The summed E-state index contributed by atoms with van der Waals surface area (Å²) in [5.74, 6) is -2.07. The van der Waals surface area contributed by atoms with Gasteiger partial charge < -0.3 is 15.7 Å². The van der Waals surface area contributed by atoms with Gasteiger partial charge in [-0.05, 0) is 36.5 Å². The maximum Gasteiger partial charge on any atom is 0.326 e. The van der Waals surface area contributed by atoms with Crippen LogP contribution in [0.2, 0.25) is 0 Å². The van der Waals surface area contributed by atoms with Crippen molar-refractivity contribution in [3.63, 3.8) is 0 Å². The third-order valence-electron chi connectivity index (χ3n) is 6.14. The fourth-order valence-electron chi connectivity index (χ4n) is 4.31. The molecule has 1 aromatic carbocycles. The van der Waals surface area contributed by atoms with E-state index >= 15 is 0 Å². The molecule has 1 saturated carbocycles. The third kappa shape index (κ3) is 6.95. The zero-order chi connectivity index (χ0) is 25.6. The molecule has 2 atom stereocenters. The van der Waals surface area contributed by atoms with Crippen LogP contribution < -0.4 is 10.6 Å². The van der Waals surface area contributed by atoms with Crippen LogP contribution in [-0.2, 0) is 25.6 Å². The van der Waals surface area contributed by atoms with Crippen LogP contribution in [0.25, 0.3) is 10.4 Å². The van der Waals surface area contributed by atoms with Gasteiger partial charge in [-0.15, -0.1) is 11.3 Å². The van der Waals surface area contributed by atoms with Gasteiger partial charge in [0.25, 0.3) is 0 Å². The minimum Gasteiger partial charge on any atom is -0.480 e. The van der Waals surface area contributed by atoms with E-state index in [1.54, 1.807) is 0 Å². The van der Waals surface area contributed by atoms with Crippen LogP contribution in [0.5, 0.6) is 0 Å². The molecule has 1 heterocycles. The maximum atomic E-state index is 13.4. The molecule has 0 saturated heterocycles. The summed E-state index contributed by atoms with van der Waals surface area (Å²) in [6.45, 7) is 5.12. The molecule has 0 bridgehead atoms. The topological polar surface area (TPSA) is 113 Å². The van der Waals surface area contributed by atoms with Crippen LogP contribution in [0.3, 0.4) is 0 Å². The Morgan fingerprint density at radius 1 is 1.06 bits per heavy atom. The molecule has 9 heteroatoms. The number of carbonyl (C=O) groups is 4. The third-order valence-corrected chi connectivity index (χ3v) is 8.64. The first kappa shape index (κ1) is 26.9. The van der Waals surface area contributed by atoms with Crippen molar-refractivity contribution >= 4 is 46.0 Å². The van der Waals surface area contributed by atoms with Gasteiger partial charge in [0.1, 0.15) is 11.6 Å². The van der Waals surface area contributed by atoms with E-state index in [1.165, 1.54) is 18.3 Å². The lowest BCUT2D eigenvalue weighted by molar-refractivity contribution is -0.143. The van der Waals surface area contributed by atoms with E-state index in [0.29, 0.717) is 12.8 Å². The van der Waals surface area contributed by atoms with E-state index < -0.39 is 28.7 Å². The quantitative estimate of drug-likeness (QED) is 0.435. The van der Waals surface area contributed by atoms with Crippen LogP contribution in [0.1, 0.15) is 51.3 Å². The number of thioether (sulfide) groups is 1. The first-order chi connectivity index (χ1) is 16.6. The van der Waals surface area contributed by atoms with Crippen molar-refractivity contribution < 1.29 is 24.3 Å². The van der Waals surface area contributed by atoms with Gasteiger partial charge in [0, 0.05) is 23.1 Å². The standard InChI is InChI=1S/C26H32N2O5S2/c1-16(2)22(34-17(3)29)23(30)28-26(13-7-8-14-26)25(33)27-20(24(31)32)15-19-11-12-21(35-19)18-9-5-4-6-10-18/h4-6,9-12,16,20,22H,7-8,13-15H2,1-3H3,(H,27,33)(H,28,30)(H,31,32). The zero-order valence-electron chi connectivity index (χ0n) is 20.2. The highest BCUT2D eigenvalue weighted by molar-refractivity contribution is 8.14. The molecular weight excluding hydrogens is 484 g/mol. The molecule has 0 spiro atoms. The minimum atomic E-state index is -1.17. The normalized spacial score (nSPS) is 16.5. The van der Waals surface area contributed by atoms with Crippen LogP contribution in [0, 0.1) is 5.92 Å². The largest absolute Gasteiger partial charge is 0.480 e. The highest BCUT2D eigenvalue weighted by Gasteiger charge is 2.45. The highest BCUT2D eigenvalue weighted by Crippen LogP contribution is 2.32. The molecule has 1 aliphatic rings. The van der Waals surface area contributed by atoms with E-state index in [-0.39, 0.29) is 23.4 Å². The molecule has 2 unspecified atom stereocenters. The number of carbonyl (C=O) groups excluding carboxylic acids is 3. The van der Waals surface area contributed by atoms with E-state index in [4.69, 9.17) is 0 Å². The molecule has 3 N–H and O–H groups in total. The lowest BCUT2D eigenvalue weighted by Crippen LogP contribution is -2.61. The van der Waals surface area contributed by atoms with Crippen molar-refractivity contribution in [2.24, 2.45) is 5.92 Å². The Hall–Kier alpha value is -2.65. The van der Waals surface area contributed by atoms with Crippen molar-refractivity contribution in [1.82, 2.24) is 10.6 Å². The Morgan fingerprint density at radius 2 is 1.71 bits per heavy atom. The zero-order valence-corrected chi connectivity index (χ0v) is 21.8. The predicted molar refractivity (Wildman–Crippen MR) is 139 cm³/mol.